The number of rotatable bonds is 8. The Morgan fingerprint density at radius 1 is 1.09 bits per heavy atom. The molecule has 0 aliphatic carbocycles. The van der Waals surface area contributed by atoms with Crippen LogP contribution in [0.2, 0.25) is 5.02 Å². The predicted molar refractivity (Wildman–Crippen MR) is 90.8 cm³/mol. The second-order valence-electron chi connectivity index (χ2n) is 5.05. The van der Waals surface area contributed by atoms with Gasteiger partial charge in [0, 0.05) is 17.6 Å². The van der Waals surface area contributed by atoms with Crippen molar-refractivity contribution in [2.24, 2.45) is 0 Å². The average Bonchev–Trinajstić information content (AvgIpc) is 2.55. The monoisotopic (exact) mass is 319 g/mol. The van der Waals surface area contributed by atoms with E-state index in [9.17, 15) is 0 Å². The van der Waals surface area contributed by atoms with E-state index in [2.05, 4.69) is 12.2 Å². The van der Waals surface area contributed by atoms with Crippen LogP contribution < -0.4 is 14.8 Å². The van der Waals surface area contributed by atoms with Gasteiger partial charge in [0.25, 0.3) is 0 Å². The van der Waals surface area contributed by atoms with Crippen molar-refractivity contribution in [2.45, 2.75) is 26.5 Å². The van der Waals surface area contributed by atoms with E-state index in [1.807, 2.05) is 42.5 Å². The van der Waals surface area contributed by atoms with E-state index in [1.165, 1.54) is 0 Å². The maximum absolute atomic E-state index is 6.34. The lowest BCUT2D eigenvalue weighted by Crippen LogP contribution is -2.14. The molecule has 0 aromatic heterocycles. The maximum atomic E-state index is 6.34. The Hall–Kier alpha value is -1.71. The largest absolute Gasteiger partial charge is 0.493 e. The molecular formula is C18H22ClNO2. The van der Waals surface area contributed by atoms with E-state index in [4.69, 9.17) is 21.1 Å². The number of hydrogen-bond donors (Lipinski definition) is 1. The molecule has 22 heavy (non-hydrogen) atoms. The van der Waals surface area contributed by atoms with Crippen LogP contribution in [0.5, 0.6) is 11.5 Å². The van der Waals surface area contributed by atoms with Gasteiger partial charge in [0.2, 0.25) is 0 Å². The highest BCUT2D eigenvalue weighted by atomic mass is 35.5. The van der Waals surface area contributed by atoms with Gasteiger partial charge in [-0.25, -0.2) is 0 Å². The van der Waals surface area contributed by atoms with Crippen molar-refractivity contribution in [3.05, 3.63) is 58.6 Å². The Labute approximate surface area is 137 Å². The van der Waals surface area contributed by atoms with Gasteiger partial charge in [-0.15, -0.1) is 0 Å². The molecule has 0 aliphatic rings. The van der Waals surface area contributed by atoms with Gasteiger partial charge in [-0.05, 0) is 30.2 Å². The summed E-state index contributed by atoms with van der Waals surface area (Å²) in [4.78, 5) is 0. The van der Waals surface area contributed by atoms with E-state index in [1.54, 1.807) is 7.11 Å². The molecule has 0 aliphatic heterocycles. The van der Waals surface area contributed by atoms with E-state index < -0.39 is 0 Å². The van der Waals surface area contributed by atoms with Crippen LogP contribution in [0.4, 0.5) is 0 Å². The SMILES string of the molecule is CCCNCc1cc(OC)c(OCc2ccccc2)cc1Cl. The lowest BCUT2D eigenvalue weighted by molar-refractivity contribution is 0.284. The fraction of sp³-hybridized carbons (Fsp3) is 0.333. The lowest BCUT2D eigenvalue weighted by Gasteiger charge is -2.14. The van der Waals surface area contributed by atoms with E-state index in [-0.39, 0.29) is 0 Å². The van der Waals surface area contributed by atoms with E-state index in [0.717, 1.165) is 30.6 Å². The smallest absolute Gasteiger partial charge is 0.163 e. The molecule has 4 heteroatoms. The Bertz CT molecular complexity index is 587. The molecule has 0 spiro atoms. The normalized spacial score (nSPS) is 10.5. The number of hydrogen-bond acceptors (Lipinski definition) is 3. The van der Waals surface area contributed by atoms with Crippen LogP contribution in [-0.4, -0.2) is 13.7 Å². The zero-order chi connectivity index (χ0) is 15.8. The highest BCUT2D eigenvalue weighted by Crippen LogP contribution is 2.33. The van der Waals surface area contributed by atoms with Gasteiger partial charge in [0.15, 0.2) is 11.5 Å². The summed E-state index contributed by atoms with van der Waals surface area (Å²) in [5, 5.41) is 4.03. The molecule has 0 amide bonds. The zero-order valence-electron chi connectivity index (χ0n) is 13.1. The summed E-state index contributed by atoms with van der Waals surface area (Å²) in [7, 11) is 1.64. The number of methoxy groups -OCH3 is 1. The molecule has 2 aromatic rings. The number of nitrogens with one attached hydrogen (secondary N) is 1. The van der Waals surface area contributed by atoms with Crippen LogP contribution in [0.25, 0.3) is 0 Å². The van der Waals surface area contributed by atoms with Crippen molar-refractivity contribution in [3.63, 3.8) is 0 Å². The first-order valence-corrected chi connectivity index (χ1v) is 7.86. The predicted octanol–water partition coefficient (Wildman–Crippen LogP) is 4.43. The molecule has 0 heterocycles. The van der Waals surface area contributed by atoms with Crippen molar-refractivity contribution in [3.8, 4) is 11.5 Å². The minimum Gasteiger partial charge on any atom is -0.493 e. The Morgan fingerprint density at radius 2 is 1.86 bits per heavy atom. The molecule has 0 saturated carbocycles. The lowest BCUT2D eigenvalue weighted by atomic mass is 10.2. The van der Waals surface area contributed by atoms with Crippen LogP contribution in [-0.2, 0) is 13.2 Å². The minimum absolute atomic E-state index is 0.487. The molecule has 2 aromatic carbocycles. The molecule has 1 N–H and O–H groups in total. The molecule has 0 unspecified atom stereocenters. The Balaban J connectivity index is 2.08. The molecular weight excluding hydrogens is 298 g/mol. The van der Waals surface area contributed by atoms with E-state index in [0.29, 0.717) is 23.1 Å². The topological polar surface area (TPSA) is 30.5 Å². The third kappa shape index (κ3) is 4.65. The number of benzene rings is 2. The zero-order valence-corrected chi connectivity index (χ0v) is 13.8. The molecule has 118 valence electrons. The van der Waals surface area contributed by atoms with Crippen molar-refractivity contribution < 1.29 is 9.47 Å². The van der Waals surface area contributed by atoms with Crippen LogP contribution in [0.3, 0.4) is 0 Å². The summed E-state index contributed by atoms with van der Waals surface area (Å²) in [6.45, 7) is 4.31. The molecule has 0 saturated heterocycles. The van der Waals surface area contributed by atoms with Crippen LogP contribution in [0, 0.1) is 0 Å². The van der Waals surface area contributed by atoms with Crippen LogP contribution >= 0.6 is 11.6 Å². The number of ether oxygens (including phenoxy) is 2. The number of halogens is 1. The summed E-state index contributed by atoms with van der Waals surface area (Å²) in [6, 6.07) is 13.8. The molecule has 3 nitrogen and oxygen atoms in total. The van der Waals surface area contributed by atoms with Gasteiger partial charge in [-0.3, -0.25) is 0 Å². The van der Waals surface area contributed by atoms with Gasteiger partial charge < -0.3 is 14.8 Å². The summed E-state index contributed by atoms with van der Waals surface area (Å²) in [5.41, 5.74) is 2.12. The third-order valence-electron chi connectivity index (χ3n) is 3.31. The molecule has 2 rings (SSSR count). The van der Waals surface area contributed by atoms with Crippen molar-refractivity contribution in [2.75, 3.05) is 13.7 Å². The first-order chi connectivity index (χ1) is 10.7. The van der Waals surface area contributed by atoms with E-state index >= 15 is 0 Å². The Morgan fingerprint density at radius 3 is 2.55 bits per heavy atom. The second kappa shape index (κ2) is 8.66. The molecule has 0 radical (unpaired) electrons. The highest BCUT2D eigenvalue weighted by Gasteiger charge is 2.10. The summed E-state index contributed by atoms with van der Waals surface area (Å²) in [6.07, 6.45) is 1.09. The first kappa shape index (κ1) is 16.7. The van der Waals surface area contributed by atoms with Crippen molar-refractivity contribution in [1.82, 2.24) is 5.32 Å². The van der Waals surface area contributed by atoms with Gasteiger partial charge in [-0.1, -0.05) is 48.9 Å². The Kier molecular flexibility index (Phi) is 6.56. The molecule has 0 bridgehead atoms. The molecule has 0 atom stereocenters. The quantitative estimate of drug-likeness (QED) is 0.730. The highest BCUT2D eigenvalue weighted by molar-refractivity contribution is 6.31. The maximum Gasteiger partial charge on any atom is 0.163 e. The van der Waals surface area contributed by atoms with Gasteiger partial charge in [-0.2, -0.15) is 0 Å². The van der Waals surface area contributed by atoms with Crippen LogP contribution in [0.1, 0.15) is 24.5 Å². The summed E-state index contributed by atoms with van der Waals surface area (Å²) < 4.78 is 11.3. The fourth-order valence-electron chi connectivity index (χ4n) is 2.12. The fourth-order valence-corrected chi connectivity index (χ4v) is 2.34. The standard InChI is InChI=1S/C18H22ClNO2/c1-3-9-20-12-15-10-17(21-2)18(11-16(15)19)22-13-14-7-5-4-6-8-14/h4-8,10-11,20H,3,9,12-13H2,1-2H3. The van der Waals surface area contributed by atoms with Gasteiger partial charge in [0.1, 0.15) is 6.61 Å². The van der Waals surface area contributed by atoms with Gasteiger partial charge >= 0.3 is 0 Å². The third-order valence-corrected chi connectivity index (χ3v) is 3.66. The average molecular weight is 320 g/mol. The second-order valence-corrected chi connectivity index (χ2v) is 5.45. The first-order valence-electron chi connectivity index (χ1n) is 7.48. The van der Waals surface area contributed by atoms with Crippen molar-refractivity contribution >= 4 is 11.6 Å². The van der Waals surface area contributed by atoms with Crippen molar-refractivity contribution in [1.29, 1.82) is 0 Å². The van der Waals surface area contributed by atoms with Crippen LogP contribution in [0.15, 0.2) is 42.5 Å². The van der Waals surface area contributed by atoms with Gasteiger partial charge in [0.05, 0.1) is 7.11 Å². The molecule has 0 fully saturated rings. The summed E-state index contributed by atoms with van der Waals surface area (Å²) >= 11 is 6.34. The minimum atomic E-state index is 0.487. The summed E-state index contributed by atoms with van der Waals surface area (Å²) in [5.74, 6) is 1.37.